The summed E-state index contributed by atoms with van der Waals surface area (Å²) in [6, 6.07) is 18.7. The Kier molecular flexibility index (Phi) is 16.0. The molecule has 13 nitrogen and oxygen atoms in total. The minimum absolute atomic E-state index is 0.141. The number of rotatable bonds is 22. The number of nitrogens with zero attached hydrogens (tertiary/aromatic N) is 1. The zero-order valence-electron chi connectivity index (χ0n) is 33.1. The van der Waals surface area contributed by atoms with Gasteiger partial charge in [-0.05, 0) is 121 Å². The highest BCUT2D eigenvalue weighted by atomic mass is 19.4. The van der Waals surface area contributed by atoms with Gasteiger partial charge in [0, 0.05) is 12.2 Å². The van der Waals surface area contributed by atoms with Crippen molar-refractivity contribution < 1.29 is 70.4 Å². The molecule has 0 bridgehead atoms. The predicted molar refractivity (Wildman–Crippen MR) is 214 cm³/mol. The molecule has 0 unspecified atom stereocenters. The van der Waals surface area contributed by atoms with E-state index >= 15 is 0 Å². The van der Waals surface area contributed by atoms with Gasteiger partial charge in [0.15, 0.2) is 0 Å². The van der Waals surface area contributed by atoms with Crippen LogP contribution in [0.3, 0.4) is 0 Å². The molecule has 0 spiro atoms. The summed E-state index contributed by atoms with van der Waals surface area (Å²) in [6.07, 6.45) is -1.78. The number of amides is 2. The summed E-state index contributed by atoms with van der Waals surface area (Å²) in [6.45, 7) is 8.18. The monoisotopic (exact) mass is 847 g/mol. The van der Waals surface area contributed by atoms with Crippen molar-refractivity contribution in [3.05, 3.63) is 109 Å². The molecule has 16 heteroatoms. The number of fused-ring (bicyclic) bond motifs is 2. The van der Waals surface area contributed by atoms with E-state index in [0.717, 1.165) is 50.7 Å². The Morgan fingerprint density at radius 2 is 0.902 bits per heavy atom. The lowest BCUT2D eigenvalue weighted by Crippen LogP contribution is -2.44. The Labute approximate surface area is 348 Å². The van der Waals surface area contributed by atoms with Crippen molar-refractivity contribution in [2.24, 2.45) is 0 Å². The van der Waals surface area contributed by atoms with Gasteiger partial charge in [-0.25, -0.2) is 19.2 Å². The SMILES string of the molecule is C=CC(=O)OCCCCCCOc1ccc2cc(C(=O)O[C@H]3C(=O)N(C(F)(F)F)C(=O)[C@@H]3OC(=O)c3ccc4cc(OCCCCCCOC(=O)C=C)ccc4c3)ccc2c1. The first-order valence-corrected chi connectivity index (χ1v) is 19.6. The second kappa shape index (κ2) is 21.5. The third kappa shape index (κ3) is 12.6. The highest BCUT2D eigenvalue weighted by molar-refractivity contribution is 6.11. The van der Waals surface area contributed by atoms with E-state index < -0.39 is 59.1 Å². The summed E-state index contributed by atoms with van der Waals surface area (Å²) in [5, 5.41) is 2.40. The van der Waals surface area contributed by atoms with Crippen molar-refractivity contribution in [3.8, 4) is 11.5 Å². The number of hydrogen-bond acceptors (Lipinski definition) is 12. The topological polar surface area (TPSA) is 161 Å². The molecule has 1 heterocycles. The van der Waals surface area contributed by atoms with Crippen LogP contribution in [0.4, 0.5) is 13.2 Å². The average molecular weight is 848 g/mol. The minimum atomic E-state index is -5.49. The third-order valence-electron chi connectivity index (χ3n) is 9.46. The highest BCUT2D eigenvalue weighted by Gasteiger charge is 2.61. The molecule has 0 aromatic heterocycles. The average Bonchev–Trinajstić information content (AvgIpc) is 3.48. The summed E-state index contributed by atoms with van der Waals surface area (Å²) in [7, 11) is 0. The van der Waals surface area contributed by atoms with Crippen LogP contribution in [-0.4, -0.2) is 85.5 Å². The molecule has 0 N–H and O–H groups in total. The van der Waals surface area contributed by atoms with Gasteiger partial charge in [-0.3, -0.25) is 9.59 Å². The number of imide groups is 1. The first-order valence-electron chi connectivity index (χ1n) is 19.6. The van der Waals surface area contributed by atoms with E-state index in [0.29, 0.717) is 72.3 Å². The molecule has 0 saturated carbocycles. The smallest absolute Gasteiger partial charge is 0.494 e. The van der Waals surface area contributed by atoms with Crippen molar-refractivity contribution in [3.63, 3.8) is 0 Å². The van der Waals surface area contributed by atoms with Gasteiger partial charge < -0.3 is 28.4 Å². The summed E-state index contributed by atoms with van der Waals surface area (Å²) in [5.74, 6) is -6.09. The summed E-state index contributed by atoms with van der Waals surface area (Å²) >= 11 is 0. The van der Waals surface area contributed by atoms with Crippen molar-refractivity contribution >= 4 is 57.2 Å². The number of unbranched alkanes of at least 4 members (excludes halogenated alkanes) is 6. The van der Waals surface area contributed by atoms with Gasteiger partial charge in [-0.1, -0.05) is 37.4 Å². The summed E-state index contributed by atoms with van der Waals surface area (Å²) in [4.78, 5) is 73.6. The Hall–Kier alpha value is -6.71. The number of halogens is 3. The molecular formula is C45H44F3NO12. The maximum Gasteiger partial charge on any atom is 0.494 e. The van der Waals surface area contributed by atoms with Crippen molar-refractivity contribution in [2.45, 2.75) is 69.9 Å². The largest absolute Gasteiger partial charge is 0.494 e. The first kappa shape index (κ1) is 45.4. The normalized spacial score (nSPS) is 15.0. The molecule has 1 fully saturated rings. The number of benzene rings is 4. The van der Waals surface area contributed by atoms with Gasteiger partial charge in [-0.15, -0.1) is 13.2 Å². The van der Waals surface area contributed by atoms with E-state index in [1.54, 1.807) is 48.5 Å². The molecule has 0 radical (unpaired) electrons. The highest BCUT2D eigenvalue weighted by Crippen LogP contribution is 2.33. The molecule has 61 heavy (non-hydrogen) atoms. The van der Waals surface area contributed by atoms with Crippen LogP contribution in [-0.2, 0) is 38.1 Å². The number of likely N-dealkylation sites (tertiary alicyclic amines) is 1. The number of carbonyl (C=O) groups is 6. The number of alkyl halides is 3. The Morgan fingerprint density at radius 1 is 0.541 bits per heavy atom. The van der Waals surface area contributed by atoms with E-state index in [1.807, 2.05) is 0 Å². The van der Waals surface area contributed by atoms with Crippen LogP contribution in [0.15, 0.2) is 98.1 Å². The molecule has 2 atom stereocenters. The van der Waals surface area contributed by atoms with E-state index in [2.05, 4.69) is 13.2 Å². The maximum atomic E-state index is 13.9. The summed E-state index contributed by atoms with van der Waals surface area (Å²) in [5.41, 5.74) is -0.283. The van der Waals surface area contributed by atoms with Gasteiger partial charge in [0.2, 0.25) is 12.2 Å². The predicted octanol–water partition coefficient (Wildman–Crippen LogP) is 7.97. The summed E-state index contributed by atoms with van der Waals surface area (Å²) < 4.78 is 73.6. The molecule has 1 saturated heterocycles. The molecule has 5 rings (SSSR count). The van der Waals surface area contributed by atoms with Gasteiger partial charge in [0.1, 0.15) is 11.5 Å². The minimum Gasteiger partial charge on any atom is -0.494 e. The van der Waals surface area contributed by atoms with Crippen molar-refractivity contribution in [1.29, 1.82) is 0 Å². The van der Waals surface area contributed by atoms with Crippen LogP contribution in [0, 0.1) is 0 Å². The molecule has 1 aliphatic heterocycles. The lowest BCUT2D eigenvalue weighted by Gasteiger charge is -2.17. The van der Waals surface area contributed by atoms with E-state index in [4.69, 9.17) is 28.4 Å². The van der Waals surface area contributed by atoms with E-state index in [-0.39, 0.29) is 11.1 Å². The van der Waals surface area contributed by atoms with Gasteiger partial charge in [0.25, 0.3) is 11.8 Å². The van der Waals surface area contributed by atoms with E-state index in [9.17, 15) is 41.9 Å². The van der Waals surface area contributed by atoms with Crippen molar-refractivity contribution in [2.75, 3.05) is 26.4 Å². The molecular weight excluding hydrogens is 803 g/mol. The number of carbonyl (C=O) groups excluding carboxylic acids is 6. The molecule has 2 amide bonds. The number of esters is 4. The Morgan fingerprint density at radius 3 is 1.28 bits per heavy atom. The van der Waals surface area contributed by atoms with Gasteiger partial charge in [0.05, 0.1) is 37.6 Å². The Balaban J connectivity index is 1.17. The third-order valence-corrected chi connectivity index (χ3v) is 9.46. The zero-order chi connectivity index (χ0) is 43.9. The lowest BCUT2D eigenvalue weighted by atomic mass is 10.1. The molecule has 0 aliphatic carbocycles. The van der Waals surface area contributed by atoms with Crippen LogP contribution in [0.2, 0.25) is 0 Å². The number of hydrogen-bond donors (Lipinski definition) is 0. The van der Waals surface area contributed by atoms with Crippen molar-refractivity contribution in [1.82, 2.24) is 4.90 Å². The fraction of sp³-hybridized carbons (Fsp3) is 0.333. The standard InChI is InChI=1S/C45H44F3NO12/c1-3-37(50)58-23-11-7-5-9-21-56-35-19-17-29-25-33(15-13-31(29)27-35)43(54)60-39-40(42(53)49(41(39)52)45(46,47)48)61-44(55)34-16-14-32-28-36(20-18-30(32)26-34)57-22-10-6-8-12-24-59-38(51)4-2/h3-4,13-20,25-28,39-40H,1-2,5-12,21-24H2/t39-,40-/m1/s1. The van der Waals surface area contributed by atoms with Gasteiger partial charge in [-0.2, -0.15) is 4.90 Å². The fourth-order valence-corrected chi connectivity index (χ4v) is 6.30. The lowest BCUT2D eigenvalue weighted by molar-refractivity contribution is -0.234. The molecule has 4 aromatic rings. The van der Waals surface area contributed by atoms with Gasteiger partial charge >= 0.3 is 30.2 Å². The first-order chi connectivity index (χ1) is 29.3. The second-order valence-corrected chi connectivity index (χ2v) is 13.8. The quantitative estimate of drug-likeness (QED) is 0.0188. The van der Waals surface area contributed by atoms with Crippen LogP contribution in [0.1, 0.15) is 72.1 Å². The van der Waals surface area contributed by atoms with Crippen LogP contribution < -0.4 is 9.47 Å². The Bertz CT molecular complexity index is 2120. The van der Waals surface area contributed by atoms with E-state index in [1.165, 1.54) is 24.3 Å². The molecule has 322 valence electrons. The fourth-order valence-electron chi connectivity index (χ4n) is 6.30. The van der Waals surface area contributed by atoms with Crippen LogP contribution in [0.5, 0.6) is 11.5 Å². The second-order valence-electron chi connectivity index (χ2n) is 13.8. The maximum absolute atomic E-state index is 13.9. The van der Waals surface area contributed by atoms with Crippen LogP contribution >= 0.6 is 0 Å². The zero-order valence-corrected chi connectivity index (χ0v) is 33.1. The molecule has 1 aliphatic rings. The number of ether oxygens (including phenoxy) is 6. The van der Waals surface area contributed by atoms with Crippen LogP contribution in [0.25, 0.3) is 21.5 Å². The molecule has 4 aromatic carbocycles.